The van der Waals surface area contributed by atoms with E-state index in [9.17, 15) is 21.6 Å². The molecule has 1 aliphatic heterocycles. The van der Waals surface area contributed by atoms with Crippen molar-refractivity contribution in [1.82, 2.24) is 5.32 Å². The van der Waals surface area contributed by atoms with Crippen LogP contribution in [0.15, 0.2) is 14.5 Å². The fourth-order valence-electron chi connectivity index (χ4n) is 2.10. The van der Waals surface area contributed by atoms with E-state index >= 15 is 0 Å². The lowest BCUT2D eigenvalue weighted by Crippen LogP contribution is -2.35. The molecule has 1 aromatic heterocycles. The van der Waals surface area contributed by atoms with Gasteiger partial charge in [-0.05, 0) is 19.4 Å². The molecule has 6 nitrogen and oxygen atoms in total. The molecule has 0 saturated carbocycles. The molecule has 0 spiro atoms. The van der Waals surface area contributed by atoms with Gasteiger partial charge in [0.1, 0.15) is 8.42 Å². The third kappa shape index (κ3) is 2.72. The predicted molar refractivity (Wildman–Crippen MR) is 75.2 cm³/mol. The van der Waals surface area contributed by atoms with E-state index in [1.54, 1.807) is 0 Å². The highest BCUT2D eigenvalue weighted by molar-refractivity contribution is 8.15. The quantitative estimate of drug-likeness (QED) is 0.807. The molecular weight excluding hydrogens is 346 g/mol. The molecule has 0 bridgehead atoms. The standard InChI is InChI=1S/C10H12ClNO5S3/c1-5-3-8(12-6(2)13)7-4-9(20(11,16)17)18-10(7)19(5,14)15/h4-5,8H,3H2,1-2H3,(H,12,13)/t5-,8+/m0/s1. The lowest BCUT2D eigenvalue weighted by atomic mass is 10.1. The molecule has 0 fully saturated rings. The number of carbonyl (C=O) groups excluding carboxylic acids is 1. The summed E-state index contributed by atoms with van der Waals surface area (Å²) in [6.45, 7) is 2.85. The highest BCUT2D eigenvalue weighted by Gasteiger charge is 2.39. The average molecular weight is 358 g/mol. The SMILES string of the molecule is CC(=O)N[C@@H]1C[C@H](C)S(=O)(=O)c2sc(S(=O)(=O)Cl)cc21. The Kier molecular flexibility index (Phi) is 3.91. The fourth-order valence-corrected chi connectivity index (χ4v) is 6.85. The van der Waals surface area contributed by atoms with Crippen LogP contribution in [0.5, 0.6) is 0 Å². The molecular formula is C10H12ClNO5S3. The van der Waals surface area contributed by atoms with Gasteiger partial charge in [-0.25, -0.2) is 16.8 Å². The molecule has 1 aliphatic rings. The number of carbonyl (C=O) groups is 1. The van der Waals surface area contributed by atoms with Crippen molar-refractivity contribution in [2.45, 2.75) is 40.0 Å². The molecule has 10 heteroatoms. The molecule has 2 rings (SSSR count). The minimum atomic E-state index is -4.00. The third-order valence-electron chi connectivity index (χ3n) is 3.05. The van der Waals surface area contributed by atoms with Gasteiger partial charge in [0.05, 0.1) is 11.3 Å². The first-order valence-corrected chi connectivity index (χ1v) is 10.3. The van der Waals surface area contributed by atoms with Crippen LogP contribution in [0.4, 0.5) is 0 Å². The number of nitrogens with one attached hydrogen (secondary N) is 1. The average Bonchev–Trinajstić information content (AvgIpc) is 2.70. The Bertz CT molecular complexity index is 765. The molecule has 112 valence electrons. The van der Waals surface area contributed by atoms with Gasteiger partial charge < -0.3 is 5.32 Å². The molecule has 0 aliphatic carbocycles. The number of rotatable bonds is 2. The largest absolute Gasteiger partial charge is 0.349 e. The van der Waals surface area contributed by atoms with Crippen molar-refractivity contribution in [1.29, 1.82) is 0 Å². The summed E-state index contributed by atoms with van der Waals surface area (Å²) in [6, 6.07) is 0.705. The second-order valence-corrected chi connectivity index (χ2v) is 11.0. The maximum Gasteiger partial charge on any atom is 0.270 e. The first-order valence-electron chi connectivity index (χ1n) is 5.63. The Morgan fingerprint density at radius 3 is 2.60 bits per heavy atom. The molecule has 0 radical (unpaired) electrons. The van der Waals surface area contributed by atoms with Crippen molar-refractivity contribution in [2.24, 2.45) is 0 Å². The van der Waals surface area contributed by atoms with Crippen molar-refractivity contribution >= 4 is 46.8 Å². The summed E-state index contributed by atoms with van der Waals surface area (Å²) in [5, 5.41) is 1.94. The Labute approximate surface area is 125 Å². The number of hydrogen-bond acceptors (Lipinski definition) is 6. The maximum absolute atomic E-state index is 12.2. The van der Waals surface area contributed by atoms with Gasteiger partial charge in [-0.15, -0.1) is 11.3 Å². The number of amides is 1. The molecule has 1 aromatic rings. The molecule has 0 saturated heterocycles. The highest BCUT2D eigenvalue weighted by Crippen LogP contribution is 2.43. The van der Waals surface area contributed by atoms with E-state index in [1.165, 1.54) is 19.9 Å². The molecule has 1 amide bonds. The van der Waals surface area contributed by atoms with Crippen LogP contribution in [-0.2, 0) is 23.7 Å². The predicted octanol–water partition coefficient (Wildman–Crippen LogP) is 1.42. The molecule has 0 unspecified atom stereocenters. The van der Waals surface area contributed by atoms with Crippen LogP contribution in [0.25, 0.3) is 0 Å². The van der Waals surface area contributed by atoms with Gasteiger partial charge >= 0.3 is 0 Å². The van der Waals surface area contributed by atoms with E-state index in [0.717, 1.165) is 0 Å². The zero-order valence-electron chi connectivity index (χ0n) is 10.6. The normalized spacial score (nSPS) is 24.9. The van der Waals surface area contributed by atoms with Crippen molar-refractivity contribution in [3.8, 4) is 0 Å². The van der Waals surface area contributed by atoms with Crippen molar-refractivity contribution < 1.29 is 21.6 Å². The third-order valence-corrected chi connectivity index (χ3v) is 9.02. The molecule has 1 N–H and O–H groups in total. The van der Waals surface area contributed by atoms with Crippen LogP contribution in [0.2, 0.25) is 0 Å². The van der Waals surface area contributed by atoms with Crippen molar-refractivity contribution in [3.63, 3.8) is 0 Å². The smallest absolute Gasteiger partial charge is 0.270 e. The lowest BCUT2D eigenvalue weighted by Gasteiger charge is -2.27. The monoisotopic (exact) mass is 357 g/mol. The van der Waals surface area contributed by atoms with Crippen LogP contribution in [0.3, 0.4) is 0 Å². The topological polar surface area (TPSA) is 97.4 Å². The summed E-state index contributed by atoms with van der Waals surface area (Å²) in [7, 11) is -2.33. The van der Waals surface area contributed by atoms with Crippen LogP contribution in [-0.4, -0.2) is 28.0 Å². The molecule has 20 heavy (non-hydrogen) atoms. The minimum absolute atomic E-state index is 0.0331. The van der Waals surface area contributed by atoms with Gasteiger partial charge in [0.15, 0.2) is 9.84 Å². The summed E-state index contributed by atoms with van der Waals surface area (Å²) < 4.78 is 46.9. The molecule has 0 aromatic carbocycles. The number of sulfone groups is 1. The Hall–Kier alpha value is -0.640. The van der Waals surface area contributed by atoms with E-state index in [4.69, 9.17) is 10.7 Å². The lowest BCUT2D eigenvalue weighted by molar-refractivity contribution is -0.119. The highest BCUT2D eigenvalue weighted by atomic mass is 35.7. The van der Waals surface area contributed by atoms with E-state index in [2.05, 4.69) is 5.32 Å². The Balaban J connectivity index is 2.64. The van der Waals surface area contributed by atoms with Crippen LogP contribution in [0.1, 0.15) is 31.9 Å². The van der Waals surface area contributed by atoms with E-state index < -0.39 is 30.2 Å². The number of fused-ring (bicyclic) bond motifs is 1. The van der Waals surface area contributed by atoms with Crippen LogP contribution < -0.4 is 5.32 Å². The van der Waals surface area contributed by atoms with Crippen LogP contribution >= 0.6 is 22.0 Å². The number of thiophene rings is 1. The number of hydrogen-bond donors (Lipinski definition) is 1. The zero-order valence-corrected chi connectivity index (χ0v) is 13.8. The van der Waals surface area contributed by atoms with E-state index in [0.29, 0.717) is 16.9 Å². The van der Waals surface area contributed by atoms with Gasteiger partial charge in [-0.2, -0.15) is 0 Å². The Morgan fingerprint density at radius 1 is 1.50 bits per heavy atom. The van der Waals surface area contributed by atoms with Gasteiger partial charge in [0, 0.05) is 23.2 Å². The molecule has 2 heterocycles. The van der Waals surface area contributed by atoms with E-state index in [-0.39, 0.29) is 20.7 Å². The van der Waals surface area contributed by atoms with Gasteiger partial charge in [0.25, 0.3) is 9.05 Å². The minimum Gasteiger partial charge on any atom is -0.349 e. The zero-order chi connectivity index (χ0) is 15.3. The van der Waals surface area contributed by atoms with Gasteiger partial charge in [0.2, 0.25) is 5.91 Å². The van der Waals surface area contributed by atoms with Crippen molar-refractivity contribution in [2.75, 3.05) is 0 Å². The van der Waals surface area contributed by atoms with E-state index in [1.807, 2.05) is 0 Å². The molecule has 2 atom stereocenters. The summed E-state index contributed by atoms with van der Waals surface area (Å²) in [5.74, 6) is -0.311. The van der Waals surface area contributed by atoms with Gasteiger partial charge in [-0.1, -0.05) is 0 Å². The van der Waals surface area contributed by atoms with Crippen LogP contribution in [0, 0.1) is 0 Å². The second kappa shape index (κ2) is 4.97. The first kappa shape index (κ1) is 15.7. The first-order chi connectivity index (χ1) is 9.03. The summed E-state index contributed by atoms with van der Waals surface area (Å²) in [4.78, 5) is 11.2. The number of halogens is 1. The van der Waals surface area contributed by atoms with Gasteiger partial charge in [-0.3, -0.25) is 4.79 Å². The summed E-state index contributed by atoms with van der Waals surface area (Å²) in [6.07, 6.45) is 0.202. The summed E-state index contributed by atoms with van der Waals surface area (Å²) >= 11 is 0.625. The maximum atomic E-state index is 12.2. The summed E-state index contributed by atoms with van der Waals surface area (Å²) in [5.41, 5.74) is 0.294. The Morgan fingerprint density at radius 2 is 2.10 bits per heavy atom. The fraction of sp³-hybridized carbons (Fsp3) is 0.500. The van der Waals surface area contributed by atoms with Crippen molar-refractivity contribution in [3.05, 3.63) is 11.6 Å². The second-order valence-electron chi connectivity index (χ2n) is 4.59.